The van der Waals surface area contributed by atoms with Crippen LogP contribution in [0.2, 0.25) is 0 Å². The molecule has 2 aromatic carbocycles. The van der Waals surface area contributed by atoms with Gasteiger partial charge in [-0.05, 0) is 49.2 Å². The summed E-state index contributed by atoms with van der Waals surface area (Å²) in [5, 5.41) is 2.66. The molecule has 0 unspecified atom stereocenters. The van der Waals surface area contributed by atoms with Gasteiger partial charge in [0.05, 0.1) is 5.56 Å². The van der Waals surface area contributed by atoms with Crippen molar-refractivity contribution in [2.24, 2.45) is 0 Å². The fourth-order valence-electron chi connectivity index (χ4n) is 2.07. The van der Waals surface area contributed by atoms with E-state index in [4.69, 9.17) is 4.74 Å². The van der Waals surface area contributed by atoms with Gasteiger partial charge in [-0.3, -0.25) is 4.79 Å². The monoisotopic (exact) mass is 349 g/mol. The lowest BCUT2D eigenvalue weighted by Gasteiger charge is -2.10. The minimum atomic E-state index is -2.99. The van der Waals surface area contributed by atoms with E-state index in [9.17, 15) is 18.4 Å². The molecule has 0 saturated heterocycles. The van der Waals surface area contributed by atoms with Crippen LogP contribution in [-0.2, 0) is 9.53 Å². The lowest BCUT2D eigenvalue weighted by atomic mass is 10.1. The van der Waals surface area contributed by atoms with Crippen molar-refractivity contribution in [3.63, 3.8) is 0 Å². The normalized spacial score (nSPS) is 10.4. The topological polar surface area (TPSA) is 64.6 Å². The zero-order valence-electron chi connectivity index (χ0n) is 13.7. The largest absolute Gasteiger partial charge is 0.452 e. The first-order valence-electron chi connectivity index (χ1n) is 7.44. The summed E-state index contributed by atoms with van der Waals surface area (Å²) < 4.78 is 33.5. The van der Waals surface area contributed by atoms with Gasteiger partial charge in [0.1, 0.15) is 5.75 Å². The van der Waals surface area contributed by atoms with Gasteiger partial charge < -0.3 is 14.8 Å². The number of carbonyl (C=O) groups excluding carboxylic acids is 2. The Hall–Kier alpha value is -2.96. The van der Waals surface area contributed by atoms with E-state index < -0.39 is 25.1 Å². The van der Waals surface area contributed by atoms with Crippen molar-refractivity contribution in [2.45, 2.75) is 20.5 Å². The summed E-state index contributed by atoms with van der Waals surface area (Å²) in [4.78, 5) is 23.8. The zero-order valence-corrected chi connectivity index (χ0v) is 13.7. The molecule has 0 aliphatic rings. The predicted molar refractivity (Wildman–Crippen MR) is 87.9 cm³/mol. The summed E-state index contributed by atoms with van der Waals surface area (Å²) in [6, 6.07) is 10.8. The van der Waals surface area contributed by atoms with E-state index in [1.54, 1.807) is 6.07 Å². The lowest BCUT2D eigenvalue weighted by molar-refractivity contribution is -0.119. The summed E-state index contributed by atoms with van der Waals surface area (Å²) in [5.74, 6) is -1.47. The molecular formula is C18H17F2NO4. The number of ether oxygens (including phenoxy) is 2. The Morgan fingerprint density at radius 1 is 1.12 bits per heavy atom. The highest BCUT2D eigenvalue weighted by Gasteiger charge is 2.13. The van der Waals surface area contributed by atoms with E-state index >= 15 is 0 Å². The van der Waals surface area contributed by atoms with Crippen LogP contribution in [0.3, 0.4) is 0 Å². The maximum Gasteiger partial charge on any atom is 0.387 e. The van der Waals surface area contributed by atoms with Crippen molar-refractivity contribution in [2.75, 3.05) is 11.9 Å². The number of hydrogen-bond donors (Lipinski definition) is 1. The molecular weight excluding hydrogens is 332 g/mol. The highest BCUT2D eigenvalue weighted by atomic mass is 19.3. The molecule has 7 heteroatoms. The summed E-state index contributed by atoms with van der Waals surface area (Å²) in [6.07, 6.45) is 0. The second-order valence-electron chi connectivity index (χ2n) is 5.35. The van der Waals surface area contributed by atoms with Crippen LogP contribution < -0.4 is 10.1 Å². The molecule has 2 rings (SSSR count). The number of hydrogen-bond acceptors (Lipinski definition) is 4. The highest BCUT2D eigenvalue weighted by Crippen LogP contribution is 2.18. The third-order valence-corrected chi connectivity index (χ3v) is 3.30. The number of halogens is 2. The molecule has 132 valence electrons. The first-order valence-corrected chi connectivity index (χ1v) is 7.44. The highest BCUT2D eigenvalue weighted by molar-refractivity contribution is 5.96. The molecule has 0 aliphatic heterocycles. The van der Waals surface area contributed by atoms with Gasteiger partial charge in [-0.25, -0.2) is 4.79 Å². The number of aryl methyl sites for hydroxylation is 2. The van der Waals surface area contributed by atoms with Gasteiger partial charge in [0.15, 0.2) is 6.61 Å². The van der Waals surface area contributed by atoms with Crippen LogP contribution in [0.4, 0.5) is 14.5 Å². The Balaban J connectivity index is 1.93. The number of benzene rings is 2. The van der Waals surface area contributed by atoms with Crippen LogP contribution in [0.25, 0.3) is 0 Å². The second-order valence-corrected chi connectivity index (χ2v) is 5.35. The van der Waals surface area contributed by atoms with Gasteiger partial charge in [0.2, 0.25) is 0 Å². The van der Waals surface area contributed by atoms with Gasteiger partial charge in [-0.2, -0.15) is 8.78 Å². The number of carbonyl (C=O) groups is 2. The first kappa shape index (κ1) is 18.4. The molecule has 0 aromatic heterocycles. The van der Waals surface area contributed by atoms with E-state index in [0.29, 0.717) is 5.69 Å². The Morgan fingerprint density at radius 2 is 1.88 bits per heavy atom. The molecule has 0 saturated carbocycles. The minimum absolute atomic E-state index is 0.0117. The van der Waals surface area contributed by atoms with Gasteiger partial charge in [0.25, 0.3) is 5.91 Å². The maximum absolute atomic E-state index is 12.2. The lowest BCUT2D eigenvalue weighted by Crippen LogP contribution is -2.21. The van der Waals surface area contributed by atoms with Gasteiger partial charge >= 0.3 is 12.6 Å². The van der Waals surface area contributed by atoms with Crippen molar-refractivity contribution >= 4 is 17.6 Å². The van der Waals surface area contributed by atoms with E-state index in [2.05, 4.69) is 10.1 Å². The predicted octanol–water partition coefficient (Wildman–Crippen LogP) is 3.70. The average molecular weight is 349 g/mol. The summed E-state index contributed by atoms with van der Waals surface area (Å²) in [5.41, 5.74) is 2.50. The third kappa shape index (κ3) is 5.56. The average Bonchev–Trinajstić information content (AvgIpc) is 2.55. The van der Waals surface area contributed by atoms with Crippen LogP contribution in [0, 0.1) is 13.8 Å². The van der Waals surface area contributed by atoms with E-state index in [0.717, 1.165) is 17.2 Å². The van der Waals surface area contributed by atoms with Crippen molar-refractivity contribution in [1.29, 1.82) is 0 Å². The Kier molecular flexibility index (Phi) is 6.05. The molecule has 0 atom stereocenters. The molecule has 0 bridgehead atoms. The van der Waals surface area contributed by atoms with Crippen molar-refractivity contribution < 1.29 is 27.8 Å². The number of esters is 1. The maximum atomic E-state index is 12.2. The number of rotatable bonds is 6. The number of nitrogens with one attached hydrogen (secondary N) is 1. The van der Waals surface area contributed by atoms with Gasteiger partial charge in [0, 0.05) is 5.69 Å². The molecule has 1 N–H and O–H groups in total. The molecule has 5 nitrogen and oxygen atoms in total. The molecule has 0 heterocycles. The summed E-state index contributed by atoms with van der Waals surface area (Å²) in [7, 11) is 0. The Morgan fingerprint density at radius 3 is 2.60 bits per heavy atom. The fraction of sp³-hybridized carbons (Fsp3) is 0.222. The van der Waals surface area contributed by atoms with E-state index in [1.807, 2.05) is 26.0 Å². The number of amides is 1. The van der Waals surface area contributed by atoms with Gasteiger partial charge in [-0.15, -0.1) is 0 Å². The zero-order chi connectivity index (χ0) is 18.4. The minimum Gasteiger partial charge on any atom is -0.452 e. The third-order valence-electron chi connectivity index (χ3n) is 3.30. The van der Waals surface area contributed by atoms with E-state index in [1.165, 1.54) is 18.2 Å². The van der Waals surface area contributed by atoms with Crippen molar-refractivity contribution in [3.05, 3.63) is 59.2 Å². The van der Waals surface area contributed by atoms with Crippen molar-refractivity contribution in [1.82, 2.24) is 0 Å². The second kappa shape index (κ2) is 8.23. The number of alkyl halides is 2. The van der Waals surface area contributed by atoms with Crippen LogP contribution in [-0.4, -0.2) is 25.1 Å². The van der Waals surface area contributed by atoms with E-state index in [-0.39, 0.29) is 11.3 Å². The molecule has 2 aromatic rings. The van der Waals surface area contributed by atoms with Crippen LogP contribution in [0.1, 0.15) is 21.5 Å². The Bertz CT molecular complexity index is 777. The molecule has 0 fully saturated rings. The first-order chi connectivity index (χ1) is 11.8. The number of anilines is 1. The summed E-state index contributed by atoms with van der Waals surface area (Å²) in [6.45, 7) is 0.250. The Labute approximate surface area is 143 Å². The SMILES string of the molecule is Cc1ccc(C)c(NC(=O)COC(=O)c2cccc(OC(F)F)c2)c1. The van der Waals surface area contributed by atoms with Gasteiger partial charge in [-0.1, -0.05) is 18.2 Å². The van der Waals surface area contributed by atoms with Crippen LogP contribution >= 0.6 is 0 Å². The fourth-order valence-corrected chi connectivity index (χ4v) is 2.07. The summed E-state index contributed by atoms with van der Waals surface area (Å²) >= 11 is 0. The smallest absolute Gasteiger partial charge is 0.387 e. The molecule has 0 spiro atoms. The molecule has 0 aliphatic carbocycles. The molecule has 0 radical (unpaired) electrons. The standard InChI is InChI=1S/C18H17F2NO4/c1-11-6-7-12(2)15(8-11)21-16(22)10-24-17(23)13-4-3-5-14(9-13)25-18(19)20/h3-9,18H,10H2,1-2H3,(H,21,22). The molecule has 1 amide bonds. The quantitative estimate of drug-likeness (QED) is 0.808. The van der Waals surface area contributed by atoms with Crippen LogP contribution in [0.5, 0.6) is 5.75 Å². The molecule has 25 heavy (non-hydrogen) atoms. The van der Waals surface area contributed by atoms with Crippen molar-refractivity contribution in [3.8, 4) is 5.75 Å². The van der Waals surface area contributed by atoms with Crippen LogP contribution in [0.15, 0.2) is 42.5 Å².